The molecule has 2 aromatic rings. The lowest BCUT2D eigenvalue weighted by atomic mass is 10.1. The highest BCUT2D eigenvalue weighted by Gasteiger charge is 2.26. The average molecular weight is 415 g/mol. The number of carbonyl (C=O) groups excluding carboxylic acids is 2. The molecule has 3 rings (SSSR count). The van der Waals surface area contributed by atoms with E-state index in [1.54, 1.807) is 20.3 Å². The normalized spacial score (nSPS) is 15.6. The molecule has 0 spiro atoms. The number of amides is 2. The van der Waals surface area contributed by atoms with Gasteiger partial charge in [0.05, 0.1) is 19.4 Å². The van der Waals surface area contributed by atoms with Crippen LogP contribution in [-0.4, -0.2) is 94.5 Å². The van der Waals surface area contributed by atoms with Gasteiger partial charge in [-0.1, -0.05) is 35.5 Å². The van der Waals surface area contributed by atoms with E-state index in [2.05, 4.69) is 22.1 Å². The molecular weight excluding hydrogens is 384 g/mol. The molecule has 0 saturated carbocycles. The molecule has 0 bridgehead atoms. The number of likely N-dealkylation sites (N-methyl/N-ethyl adjacent to an activating group) is 1. The summed E-state index contributed by atoms with van der Waals surface area (Å²) in [5, 5.41) is 8.01. The van der Waals surface area contributed by atoms with Gasteiger partial charge >= 0.3 is 0 Å². The number of nitrogens with zero attached hydrogens (tertiary/aromatic N) is 6. The van der Waals surface area contributed by atoms with Crippen LogP contribution in [0.4, 0.5) is 0 Å². The summed E-state index contributed by atoms with van der Waals surface area (Å²) in [5.41, 5.74) is 1.29. The van der Waals surface area contributed by atoms with Crippen LogP contribution in [0.15, 0.2) is 36.5 Å². The Bertz CT molecular complexity index is 832. The van der Waals surface area contributed by atoms with Gasteiger partial charge in [-0.05, 0) is 12.5 Å². The van der Waals surface area contributed by atoms with E-state index in [4.69, 9.17) is 4.74 Å². The highest BCUT2D eigenvalue weighted by atomic mass is 16.5. The molecule has 1 saturated heterocycles. The molecule has 1 aliphatic heterocycles. The van der Waals surface area contributed by atoms with E-state index in [1.807, 2.05) is 35.2 Å². The number of rotatable bonds is 8. The minimum atomic E-state index is -0.192. The smallest absolute Gasteiger partial charge is 0.276 e. The topological polar surface area (TPSA) is 83.8 Å². The Labute approximate surface area is 177 Å². The number of carbonyl (C=O) groups is 2. The Balaban J connectivity index is 1.75. The summed E-state index contributed by atoms with van der Waals surface area (Å²) in [6.07, 6.45) is 1.54. The van der Waals surface area contributed by atoms with Crippen molar-refractivity contribution in [3.63, 3.8) is 0 Å². The van der Waals surface area contributed by atoms with Gasteiger partial charge in [-0.25, -0.2) is 4.68 Å². The Kier molecular flexibility index (Phi) is 7.53. The molecule has 9 nitrogen and oxygen atoms in total. The lowest BCUT2D eigenvalue weighted by Crippen LogP contribution is -2.48. The molecule has 1 fully saturated rings. The monoisotopic (exact) mass is 414 g/mol. The molecule has 0 aliphatic carbocycles. The standard InChI is InChI=1S/C21H30N6O3/c1-17(13-25-9-11-30-12-10-25)27(14-18-7-5-4-6-8-18)21(29)19-15-26(23-22-19)16-20(28)24(2)3/h4-8,15,17H,9-14,16H2,1-3H3. The van der Waals surface area contributed by atoms with Gasteiger partial charge < -0.3 is 14.5 Å². The third kappa shape index (κ3) is 5.87. The molecule has 2 heterocycles. The zero-order valence-electron chi connectivity index (χ0n) is 17.9. The predicted octanol–water partition coefficient (Wildman–Crippen LogP) is 0.729. The molecule has 1 aromatic heterocycles. The van der Waals surface area contributed by atoms with Crippen molar-refractivity contribution in [1.82, 2.24) is 29.7 Å². The van der Waals surface area contributed by atoms with Crippen LogP contribution in [0, 0.1) is 0 Å². The van der Waals surface area contributed by atoms with E-state index in [0.717, 1.165) is 25.2 Å². The van der Waals surface area contributed by atoms with Crippen LogP contribution in [0.5, 0.6) is 0 Å². The van der Waals surface area contributed by atoms with E-state index >= 15 is 0 Å². The van der Waals surface area contributed by atoms with Crippen molar-refractivity contribution in [1.29, 1.82) is 0 Å². The van der Waals surface area contributed by atoms with Crippen LogP contribution < -0.4 is 0 Å². The highest BCUT2D eigenvalue weighted by molar-refractivity contribution is 5.92. The maximum absolute atomic E-state index is 13.3. The molecule has 0 N–H and O–H groups in total. The second-order valence-corrected chi connectivity index (χ2v) is 7.77. The quantitative estimate of drug-likeness (QED) is 0.633. The number of hydrogen-bond acceptors (Lipinski definition) is 6. The first-order valence-electron chi connectivity index (χ1n) is 10.2. The fourth-order valence-electron chi connectivity index (χ4n) is 3.36. The second kappa shape index (κ2) is 10.3. The van der Waals surface area contributed by atoms with Crippen molar-refractivity contribution < 1.29 is 14.3 Å². The largest absolute Gasteiger partial charge is 0.379 e. The highest BCUT2D eigenvalue weighted by Crippen LogP contribution is 2.14. The van der Waals surface area contributed by atoms with E-state index in [-0.39, 0.29) is 30.1 Å². The van der Waals surface area contributed by atoms with Crippen molar-refractivity contribution in [3.8, 4) is 0 Å². The zero-order valence-corrected chi connectivity index (χ0v) is 17.9. The van der Waals surface area contributed by atoms with Crippen LogP contribution in [0.2, 0.25) is 0 Å². The van der Waals surface area contributed by atoms with Gasteiger partial charge in [0.25, 0.3) is 5.91 Å². The van der Waals surface area contributed by atoms with Gasteiger partial charge in [-0.2, -0.15) is 0 Å². The average Bonchev–Trinajstić information content (AvgIpc) is 3.21. The van der Waals surface area contributed by atoms with Crippen molar-refractivity contribution in [2.75, 3.05) is 46.9 Å². The molecule has 1 unspecified atom stereocenters. The van der Waals surface area contributed by atoms with E-state index in [9.17, 15) is 9.59 Å². The first kappa shape index (κ1) is 21.9. The van der Waals surface area contributed by atoms with Crippen molar-refractivity contribution in [3.05, 3.63) is 47.8 Å². The number of aromatic nitrogens is 3. The lowest BCUT2D eigenvalue weighted by Gasteiger charge is -2.34. The first-order chi connectivity index (χ1) is 14.4. The third-order valence-corrected chi connectivity index (χ3v) is 5.17. The number of benzene rings is 1. The molecule has 0 radical (unpaired) electrons. The van der Waals surface area contributed by atoms with Gasteiger partial charge in [0, 0.05) is 46.3 Å². The predicted molar refractivity (Wildman–Crippen MR) is 112 cm³/mol. The Morgan fingerprint density at radius 1 is 1.17 bits per heavy atom. The van der Waals surface area contributed by atoms with Gasteiger partial charge in [0.2, 0.25) is 5.91 Å². The fraction of sp³-hybridized carbons (Fsp3) is 0.524. The molecule has 1 aliphatic rings. The third-order valence-electron chi connectivity index (χ3n) is 5.17. The zero-order chi connectivity index (χ0) is 21.5. The molecule has 162 valence electrons. The Hall–Kier alpha value is -2.78. The number of morpholine rings is 1. The molecule has 30 heavy (non-hydrogen) atoms. The molecular formula is C21H30N6O3. The summed E-state index contributed by atoms with van der Waals surface area (Å²) in [7, 11) is 3.36. The Morgan fingerprint density at radius 3 is 2.53 bits per heavy atom. The van der Waals surface area contributed by atoms with E-state index in [0.29, 0.717) is 19.8 Å². The Morgan fingerprint density at radius 2 is 1.87 bits per heavy atom. The molecule has 9 heteroatoms. The van der Waals surface area contributed by atoms with Crippen molar-refractivity contribution >= 4 is 11.8 Å². The minimum absolute atomic E-state index is 0.0237. The summed E-state index contributed by atoms with van der Waals surface area (Å²) >= 11 is 0. The summed E-state index contributed by atoms with van der Waals surface area (Å²) in [5.74, 6) is -0.302. The van der Waals surface area contributed by atoms with Crippen LogP contribution in [0.25, 0.3) is 0 Å². The summed E-state index contributed by atoms with van der Waals surface area (Å²) in [4.78, 5) is 30.9. The lowest BCUT2D eigenvalue weighted by molar-refractivity contribution is -0.129. The van der Waals surface area contributed by atoms with Gasteiger partial charge in [-0.15, -0.1) is 5.10 Å². The maximum Gasteiger partial charge on any atom is 0.276 e. The van der Waals surface area contributed by atoms with E-state index < -0.39 is 0 Å². The first-order valence-corrected chi connectivity index (χ1v) is 10.2. The summed E-state index contributed by atoms with van der Waals surface area (Å²) in [6.45, 7) is 6.50. The van der Waals surface area contributed by atoms with Crippen LogP contribution >= 0.6 is 0 Å². The number of ether oxygens (including phenoxy) is 1. The maximum atomic E-state index is 13.3. The van der Waals surface area contributed by atoms with Crippen molar-refractivity contribution in [2.45, 2.75) is 26.1 Å². The molecule has 1 aromatic carbocycles. The summed E-state index contributed by atoms with van der Waals surface area (Å²) in [6, 6.07) is 9.88. The van der Waals surface area contributed by atoms with Crippen molar-refractivity contribution in [2.24, 2.45) is 0 Å². The SMILES string of the molecule is CC(CN1CCOCC1)N(Cc1ccccc1)C(=O)c1cn(CC(=O)N(C)C)nn1. The van der Waals surface area contributed by atoms with Gasteiger partial charge in [-0.3, -0.25) is 14.5 Å². The minimum Gasteiger partial charge on any atom is -0.379 e. The van der Waals surface area contributed by atoms with Crippen LogP contribution in [0.1, 0.15) is 23.0 Å². The van der Waals surface area contributed by atoms with Gasteiger partial charge in [0.15, 0.2) is 5.69 Å². The molecule has 2 amide bonds. The molecule has 1 atom stereocenters. The van der Waals surface area contributed by atoms with Crippen LogP contribution in [-0.2, 0) is 22.6 Å². The summed E-state index contributed by atoms with van der Waals surface area (Å²) < 4.78 is 6.84. The van der Waals surface area contributed by atoms with Gasteiger partial charge in [0.1, 0.15) is 6.54 Å². The number of hydrogen-bond donors (Lipinski definition) is 0. The second-order valence-electron chi connectivity index (χ2n) is 7.77. The van der Waals surface area contributed by atoms with E-state index in [1.165, 1.54) is 9.58 Å². The van der Waals surface area contributed by atoms with Crippen LogP contribution in [0.3, 0.4) is 0 Å². The fourth-order valence-corrected chi connectivity index (χ4v) is 3.36.